The molecule has 4 aliphatic rings. The van der Waals surface area contributed by atoms with Gasteiger partial charge in [-0.05, 0) is 29.7 Å². The Balaban J connectivity index is 1.69. The van der Waals surface area contributed by atoms with Crippen molar-refractivity contribution in [2.75, 3.05) is 20.4 Å². The molecule has 3 aliphatic heterocycles. The van der Waals surface area contributed by atoms with E-state index in [4.69, 9.17) is 18.9 Å². The number of rotatable bonds is 2. The van der Waals surface area contributed by atoms with Crippen LogP contribution in [0.4, 0.5) is 0 Å². The number of hydrogen-bond acceptors (Lipinski definition) is 6. The number of carbonyl (C=O) groups excluding carboxylic acids is 1. The normalized spacial score (nSPS) is 36.7. The molecule has 1 aromatic carbocycles. The van der Waals surface area contributed by atoms with Gasteiger partial charge in [0.2, 0.25) is 6.79 Å². The molecule has 132 valence electrons. The molecular weight excluding hydrogens is 322 g/mol. The summed E-state index contributed by atoms with van der Waals surface area (Å²) in [5.41, 5.74) is 2.05. The highest BCUT2D eigenvalue weighted by Crippen LogP contribution is 2.54. The summed E-state index contributed by atoms with van der Waals surface area (Å²) in [7, 11) is 1.74. The van der Waals surface area contributed by atoms with Gasteiger partial charge in [-0.15, -0.1) is 0 Å². The predicted octanol–water partition coefficient (Wildman–Crippen LogP) is 1.76. The largest absolute Gasteiger partial charge is 0.460 e. The molecule has 2 bridgehead atoms. The quantitative estimate of drug-likeness (QED) is 0.602. The van der Waals surface area contributed by atoms with E-state index < -0.39 is 0 Å². The van der Waals surface area contributed by atoms with Crippen molar-refractivity contribution in [1.29, 1.82) is 0 Å². The number of nitrogens with zero attached hydrogens (tertiary/aromatic N) is 1. The van der Waals surface area contributed by atoms with Crippen LogP contribution in [0, 0.1) is 0 Å². The molecule has 0 radical (unpaired) electrons. The summed E-state index contributed by atoms with van der Waals surface area (Å²) >= 11 is 0. The Hall–Kier alpha value is -2.05. The van der Waals surface area contributed by atoms with Crippen LogP contribution in [0.3, 0.4) is 0 Å². The highest BCUT2D eigenvalue weighted by atomic mass is 16.7. The molecule has 0 saturated carbocycles. The monoisotopic (exact) mass is 343 g/mol. The van der Waals surface area contributed by atoms with E-state index in [1.165, 1.54) is 18.1 Å². The molecular formula is C19H21NO5. The van der Waals surface area contributed by atoms with E-state index in [0.717, 1.165) is 31.0 Å². The summed E-state index contributed by atoms with van der Waals surface area (Å²) in [6.07, 6.45) is 5.08. The Labute approximate surface area is 146 Å². The van der Waals surface area contributed by atoms with Gasteiger partial charge >= 0.3 is 5.97 Å². The lowest BCUT2D eigenvalue weighted by Crippen LogP contribution is -2.52. The van der Waals surface area contributed by atoms with Gasteiger partial charge in [0.15, 0.2) is 11.5 Å². The Morgan fingerprint density at radius 3 is 2.88 bits per heavy atom. The lowest BCUT2D eigenvalue weighted by molar-refractivity contribution is -0.147. The van der Waals surface area contributed by atoms with E-state index in [9.17, 15) is 4.79 Å². The van der Waals surface area contributed by atoms with E-state index in [1.54, 1.807) is 7.11 Å². The van der Waals surface area contributed by atoms with Gasteiger partial charge in [0.25, 0.3) is 0 Å². The van der Waals surface area contributed by atoms with Gasteiger partial charge in [0.05, 0.1) is 11.5 Å². The maximum absolute atomic E-state index is 11.7. The first kappa shape index (κ1) is 15.2. The second-order valence-electron chi connectivity index (χ2n) is 7.21. The van der Waals surface area contributed by atoms with Crippen molar-refractivity contribution < 1.29 is 23.7 Å². The second-order valence-corrected chi connectivity index (χ2v) is 7.21. The molecule has 0 amide bonds. The number of esters is 1. The Morgan fingerprint density at radius 2 is 2.12 bits per heavy atom. The maximum Gasteiger partial charge on any atom is 0.302 e. The van der Waals surface area contributed by atoms with Crippen LogP contribution in [0.5, 0.6) is 11.5 Å². The zero-order valence-corrected chi connectivity index (χ0v) is 14.4. The van der Waals surface area contributed by atoms with Gasteiger partial charge in [0, 0.05) is 33.2 Å². The molecule has 5 rings (SSSR count). The molecule has 25 heavy (non-hydrogen) atoms. The molecule has 1 fully saturated rings. The first-order valence-corrected chi connectivity index (χ1v) is 8.68. The molecule has 1 aromatic rings. The summed E-state index contributed by atoms with van der Waals surface area (Å²) in [6.45, 7) is 3.29. The summed E-state index contributed by atoms with van der Waals surface area (Å²) in [5, 5.41) is 0. The van der Waals surface area contributed by atoms with Crippen LogP contribution in [0.1, 0.15) is 24.5 Å². The van der Waals surface area contributed by atoms with E-state index in [2.05, 4.69) is 29.2 Å². The maximum atomic E-state index is 11.7. The SMILES string of the molecule is CO[C@@H]1C=C[C@@]23c4cc5c(cc4CN(C[C@@H]2OC(C)=O)[C@H]3C1)OCO5. The molecule has 3 heterocycles. The van der Waals surface area contributed by atoms with Gasteiger partial charge in [-0.1, -0.05) is 12.2 Å². The van der Waals surface area contributed by atoms with Crippen molar-refractivity contribution in [1.82, 2.24) is 4.90 Å². The van der Waals surface area contributed by atoms with Gasteiger partial charge in [-0.3, -0.25) is 9.69 Å². The van der Waals surface area contributed by atoms with Crippen LogP contribution in [0.2, 0.25) is 0 Å². The van der Waals surface area contributed by atoms with Gasteiger partial charge in [0.1, 0.15) is 6.10 Å². The second kappa shape index (κ2) is 5.22. The van der Waals surface area contributed by atoms with Gasteiger partial charge < -0.3 is 18.9 Å². The van der Waals surface area contributed by atoms with Crippen molar-refractivity contribution in [2.24, 2.45) is 0 Å². The molecule has 0 aromatic heterocycles. The molecule has 5 atom stereocenters. The molecule has 1 unspecified atom stereocenters. The topological polar surface area (TPSA) is 57.2 Å². The molecule has 6 heteroatoms. The third-order valence-corrected chi connectivity index (χ3v) is 6.02. The fourth-order valence-corrected chi connectivity index (χ4v) is 5.00. The van der Waals surface area contributed by atoms with E-state index in [1.807, 2.05) is 0 Å². The van der Waals surface area contributed by atoms with E-state index >= 15 is 0 Å². The molecule has 6 nitrogen and oxygen atoms in total. The number of benzene rings is 1. The van der Waals surface area contributed by atoms with Crippen LogP contribution >= 0.6 is 0 Å². The van der Waals surface area contributed by atoms with Crippen LogP contribution in [0.25, 0.3) is 0 Å². The van der Waals surface area contributed by atoms with Crippen molar-refractivity contribution in [3.8, 4) is 11.5 Å². The highest BCUT2D eigenvalue weighted by molar-refractivity contribution is 5.67. The zero-order valence-electron chi connectivity index (χ0n) is 14.4. The fourth-order valence-electron chi connectivity index (χ4n) is 5.00. The third-order valence-electron chi connectivity index (χ3n) is 6.02. The van der Waals surface area contributed by atoms with Crippen LogP contribution in [-0.2, 0) is 26.2 Å². The average Bonchev–Trinajstić information content (AvgIpc) is 3.13. The minimum Gasteiger partial charge on any atom is -0.460 e. The molecule has 0 spiro atoms. The first-order valence-electron chi connectivity index (χ1n) is 8.68. The highest BCUT2D eigenvalue weighted by Gasteiger charge is 2.60. The lowest BCUT2D eigenvalue weighted by atomic mass is 9.65. The Kier molecular flexibility index (Phi) is 3.18. The standard InChI is InChI=1S/C19H21NO5/c1-11(21)25-18-9-20-8-12-5-15-16(24-10-23-15)7-14(12)19(18)4-3-13(22-2)6-17(19)20/h3-5,7,13,17-18H,6,8-10H2,1-2H3/t13-,17+,18+,19+/m1/s1. The Morgan fingerprint density at radius 1 is 1.32 bits per heavy atom. The third kappa shape index (κ3) is 2.01. The zero-order chi connectivity index (χ0) is 17.2. The van der Waals surface area contributed by atoms with Crippen LogP contribution < -0.4 is 9.47 Å². The lowest BCUT2D eigenvalue weighted by Gasteiger charge is -2.46. The van der Waals surface area contributed by atoms with Crippen molar-refractivity contribution in [2.45, 2.75) is 43.6 Å². The number of methoxy groups -OCH3 is 1. The minimum absolute atomic E-state index is 0.0901. The summed E-state index contributed by atoms with van der Waals surface area (Å²) < 4.78 is 22.5. The van der Waals surface area contributed by atoms with Gasteiger partial charge in [-0.2, -0.15) is 0 Å². The minimum atomic E-state index is -0.352. The van der Waals surface area contributed by atoms with Crippen LogP contribution in [-0.4, -0.2) is 49.6 Å². The number of ether oxygens (including phenoxy) is 4. The van der Waals surface area contributed by atoms with E-state index in [-0.39, 0.29) is 36.4 Å². The van der Waals surface area contributed by atoms with Crippen molar-refractivity contribution >= 4 is 5.97 Å². The summed E-state index contributed by atoms with van der Waals surface area (Å²) in [5.74, 6) is 1.33. The number of hydrogen-bond donors (Lipinski definition) is 0. The molecule has 1 saturated heterocycles. The fraction of sp³-hybridized carbons (Fsp3) is 0.526. The number of carbonyl (C=O) groups is 1. The summed E-state index contributed by atoms with van der Waals surface area (Å²) in [6, 6.07) is 4.41. The average molecular weight is 343 g/mol. The van der Waals surface area contributed by atoms with Gasteiger partial charge in [-0.25, -0.2) is 0 Å². The van der Waals surface area contributed by atoms with Crippen molar-refractivity contribution in [3.63, 3.8) is 0 Å². The first-order chi connectivity index (χ1) is 12.1. The Bertz CT molecular complexity index is 775. The smallest absolute Gasteiger partial charge is 0.302 e. The van der Waals surface area contributed by atoms with Crippen LogP contribution in [0.15, 0.2) is 24.3 Å². The van der Waals surface area contributed by atoms with Crippen molar-refractivity contribution in [3.05, 3.63) is 35.4 Å². The molecule has 1 aliphatic carbocycles. The summed E-state index contributed by atoms with van der Waals surface area (Å²) in [4.78, 5) is 14.2. The van der Waals surface area contributed by atoms with E-state index in [0.29, 0.717) is 0 Å². The predicted molar refractivity (Wildman–Crippen MR) is 88.5 cm³/mol. The number of fused-ring (bicyclic) bond motifs is 2. The molecule has 0 N–H and O–H groups in total.